The van der Waals surface area contributed by atoms with Gasteiger partial charge in [-0.3, -0.25) is 0 Å². The van der Waals surface area contributed by atoms with Crippen molar-refractivity contribution in [1.29, 1.82) is 0 Å². The fourth-order valence-electron chi connectivity index (χ4n) is 6.08. The lowest BCUT2D eigenvalue weighted by molar-refractivity contribution is 1.18. The highest BCUT2D eigenvalue weighted by molar-refractivity contribution is 6.10. The molecule has 0 aliphatic heterocycles. The minimum atomic E-state index is 0.970. The highest BCUT2D eigenvalue weighted by Gasteiger charge is 2.15. The van der Waals surface area contributed by atoms with Crippen LogP contribution in [0.15, 0.2) is 170 Å². The fourth-order valence-corrected chi connectivity index (χ4v) is 6.08. The van der Waals surface area contributed by atoms with Gasteiger partial charge in [0, 0.05) is 27.6 Å². The summed E-state index contributed by atoms with van der Waals surface area (Å²) in [4.78, 5) is 5.08. The van der Waals surface area contributed by atoms with Crippen molar-refractivity contribution in [2.45, 2.75) is 0 Å². The Morgan fingerprint density at radius 2 is 0.814 bits per heavy atom. The molecular formula is C41H28N2. The summed E-state index contributed by atoms with van der Waals surface area (Å²) in [5.41, 5.74) is 12.5. The second kappa shape index (κ2) is 10.6. The lowest BCUT2D eigenvalue weighted by Crippen LogP contribution is -1.94. The molecule has 0 radical (unpaired) electrons. The van der Waals surface area contributed by atoms with Crippen LogP contribution in [0.5, 0.6) is 0 Å². The number of rotatable bonds is 5. The maximum absolute atomic E-state index is 5.08. The minimum Gasteiger partial charge on any atom is -0.309 e. The summed E-state index contributed by atoms with van der Waals surface area (Å²) in [5, 5.41) is 2.48. The van der Waals surface area contributed by atoms with Crippen molar-refractivity contribution in [3.63, 3.8) is 0 Å². The predicted octanol–water partition coefficient (Wildman–Crippen LogP) is 10.8. The van der Waals surface area contributed by atoms with Crippen molar-refractivity contribution in [2.24, 2.45) is 0 Å². The largest absolute Gasteiger partial charge is 0.309 e. The SMILES string of the molecule is c1ccc(-c2ccc(-n3c4ccccc4c4cc(-c5cc(-c6ccccc6)nc(-c6ccccc6)c5)ccc43)cc2)cc1. The van der Waals surface area contributed by atoms with E-state index in [1.54, 1.807) is 0 Å². The zero-order chi connectivity index (χ0) is 28.6. The molecule has 202 valence electrons. The first-order chi connectivity index (χ1) is 21.3. The number of para-hydroxylation sites is 1. The Labute approximate surface area is 251 Å². The van der Waals surface area contributed by atoms with Crippen molar-refractivity contribution < 1.29 is 0 Å². The van der Waals surface area contributed by atoms with Crippen molar-refractivity contribution in [3.8, 4) is 50.5 Å². The van der Waals surface area contributed by atoms with E-state index in [9.17, 15) is 0 Å². The summed E-state index contributed by atoms with van der Waals surface area (Å²) in [7, 11) is 0. The summed E-state index contributed by atoms with van der Waals surface area (Å²) in [5.74, 6) is 0. The summed E-state index contributed by atoms with van der Waals surface area (Å²) in [6, 6.07) is 60.3. The Morgan fingerprint density at radius 1 is 0.326 bits per heavy atom. The van der Waals surface area contributed by atoms with Crippen molar-refractivity contribution in [3.05, 3.63) is 170 Å². The third kappa shape index (κ3) is 4.60. The molecule has 0 saturated carbocycles. The van der Waals surface area contributed by atoms with Gasteiger partial charge in [-0.05, 0) is 64.7 Å². The number of benzene rings is 6. The minimum absolute atomic E-state index is 0.970. The average Bonchev–Trinajstić information content (AvgIpc) is 3.43. The summed E-state index contributed by atoms with van der Waals surface area (Å²) in [6.07, 6.45) is 0. The van der Waals surface area contributed by atoms with Crippen LogP contribution in [0, 0.1) is 0 Å². The molecule has 0 atom stereocenters. The highest BCUT2D eigenvalue weighted by atomic mass is 15.0. The zero-order valence-corrected chi connectivity index (χ0v) is 23.6. The van der Waals surface area contributed by atoms with Gasteiger partial charge >= 0.3 is 0 Å². The van der Waals surface area contributed by atoms with E-state index in [-0.39, 0.29) is 0 Å². The van der Waals surface area contributed by atoms with E-state index in [1.165, 1.54) is 38.5 Å². The van der Waals surface area contributed by atoms with Gasteiger partial charge in [0.2, 0.25) is 0 Å². The first-order valence-electron chi connectivity index (χ1n) is 14.6. The Bertz CT molecular complexity index is 2140. The molecule has 2 heteroatoms. The van der Waals surface area contributed by atoms with Crippen molar-refractivity contribution in [2.75, 3.05) is 0 Å². The fraction of sp³-hybridized carbons (Fsp3) is 0. The van der Waals surface area contributed by atoms with Crippen LogP contribution in [0.1, 0.15) is 0 Å². The zero-order valence-electron chi connectivity index (χ0n) is 23.6. The lowest BCUT2D eigenvalue weighted by Gasteiger charge is -2.12. The van der Waals surface area contributed by atoms with E-state index in [1.807, 2.05) is 12.1 Å². The van der Waals surface area contributed by atoms with E-state index in [4.69, 9.17) is 4.98 Å². The normalized spacial score (nSPS) is 11.3. The quantitative estimate of drug-likeness (QED) is 0.209. The van der Waals surface area contributed by atoms with Gasteiger partial charge in [-0.15, -0.1) is 0 Å². The molecule has 0 aliphatic rings. The van der Waals surface area contributed by atoms with Gasteiger partial charge in [-0.1, -0.05) is 127 Å². The van der Waals surface area contributed by atoms with Crippen LogP contribution < -0.4 is 0 Å². The summed E-state index contributed by atoms with van der Waals surface area (Å²) >= 11 is 0. The number of fused-ring (bicyclic) bond motifs is 3. The number of aromatic nitrogens is 2. The molecule has 2 heterocycles. The molecular weight excluding hydrogens is 520 g/mol. The number of hydrogen-bond donors (Lipinski definition) is 0. The lowest BCUT2D eigenvalue weighted by atomic mass is 9.98. The summed E-state index contributed by atoms with van der Waals surface area (Å²) < 4.78 is 2.38. The van der Waals surface area contributed by atoms with Crippen LogP contribution in [-0.4, -0.2) is 9.55 Å². The first-order valence-corrected chi connectivity index (χ1v) is 14.6. The molecule has 0 unspecified atom stereocenters. The van der Waals surface area contributed by atoms with Crippen LogP contribution in [0.4, 0.5) is 0 Å². The van der Waals surface area contributed by atoms with Gasteiger partial charge in [0.05, 0.1) is 22.4 Å². The molecule has 0 amide bonds. The topological polar surface area (TPSA) is 17.8 Å². The van der Waals surface area contributed by atoms with Crippen LogP contribution in [0.3, 0.4) is 0 Å². The van der Waals surface area contributed by atoms with Crippen LogP contribution in [0.25, 0.3) is 72.3 Å². The highest BCUT2D eigenvalue weighted by Crippen LogP contribution is 2.37. The Balaban J connectivity index is 1.29. The average molecular weight is 549 g/mol. The standard InChI is InChI=1S/C41H28N2/c1-4-12-29(13-5-1)30-20-23-35(24-21-30)43-40-19-11-10-18-36(40)37-26-33(22-25-41(37)43)34-27-38(31-14-6-2-7-15-31)42-39(28-34)32-16-8-3-9-17-32/h1-28H. The Morgan fingerprint density at radius 3 is 1.44 bits per heavy atom. The molecule has 2 aromatic heterocycles. The van der Waals surface area contributed by atoms with E-state index in [0.29, 0.717) is 0 Å². The molecule has 0 fully saturated rings. The van der Waals surface area contributed by atoms with E-state index in [2.05, 4.69) is 162 Å². The summed E-state index contributed by atoms with van der Waals surface area (Å²) in [6.45, 7) is 0. The van der Waals surface area contributed by atoms with Crippen molar-refractivity contribution in [1.82, 2.24) is 9.55 Å². The molecule has 0 bridgehead atoms. The van der Waals surface area contributed by atoms with Crippen LogP contribution >= 0.6 is 0 Å². The second-order valence-electron chi connectivity index (χ2n) is 10.9. The third-order valence-electron chi connectivity index (χ3n) is 8.20. The Kier molecular flexibility index (Phi) is 6.16. The second-order valence-corrected chi connectivity index (χ2v) is 10.9. The molecule has 0 aliphatic carbocycles. The maximum atomic E-state index is 5.08. The van der Waals surface area contributed by atoms with E-state index < -0.39 is 0 Å². The van der Waals surface area contributed by atoms with E-state index in [0.717, 1.165) is 33.8 Å². The molecule has 0 spiro atoms. The molecule has 2 nitrogen and oxygen atoms in total. The van der Waals surface area contributed by atoms with Crippen LogP contribution in [0.2, 0.25) is 0 Å². The maximum Gasteiger partial charge on any atom is 0.0715 e. The molecule has 8 rings (SSSR count). The van der Waals surface area contributed by atoms with Gasteiger partial charge in [0.25, 0.3) is 0 Å². The number of nitrogens with zero attached hydrogens (tertiary/aromatic N) is 2. The van der Waals surface area contributed by atoms with Gasteiger partial charge < -0.3 is 4.57 Å². The molecule has 43 heavy (non-hydrogen) atoms. The molecule has 0 N–H and O–H groups in total. The van der Waals surface area contributed by atoms with Crippen molar-refractivity contribution >= 4 is 21.8 Å². The Hall–Kier alpha value is -5.73. The monoisotopic (exact) mass is 548 g/mol. The van der Waals surface area contributed by atoms with Gasteiger partial charge in [0.1, 0.15) is 0 Å². The molecule has 8 aromatic rings. The third-order valence-corrected chi connectivity index (χ3v) is 8.20. The first kappa shape index (κ1) is 25.0. The molecule has 6 aromatic carbocycles. The number of pyridine rings is 1. The van der Waals surface area contributed by atoms with Gasteiger partial charge in [-0.25, -0.2) is 4.98 Å². The molecule has 0 saturated heterocycles. The number of hydrogen-bond acceptors (Lipinski definition) is 1. The van der Waals surface area contributed by atoms with E-state index >= 15 is 0 Å². The predicted molar refractivity (Wildman–Crippen MR) is 180 cm³/mol. The smallest absolute Gasteiger partial charge is 0.0715 e. The van der Waals surface area contributed by atoms with Crippen LogP contribution in [-0.2, 0) is 0 Å². The van der Waals surface area contributed by atoms with Gasteiger partial charge in [0.15, 0.2) is 0 Å². The van der Waals surface area contributed by atoms with Gasteiger partial charge in [-0.2, -0.15) is 0 Å².